The molecule has 0 radical (unpaired) electrons. The first-order valence-corrected chi connectivity index (χ1v) is 5.25. The lowest BCUT2D eigenvalue weighted by atomic mass is 10.0. The van der Waals surface area contributed by atoms with Crippen molar-refractivity contribution in [2.45, 2.75) is 18.9 Å². The lowest BCUT2D eigenvalue weighted by molar-refractivity contribution is 0.314. The van der Waals surface area contributed by atoms with Crippen LogP contribution in [-0.4, -0.2) is 6.61 Å². The first kappa shape index (κ1) is 9.03. The molecule has 70 valence electrons. The van der Waals surface area contributed by atoms with Crippen LogP contribution in [0.1, 0.15) is 24.4 Å². The van der Waals surface area contributed by atoms with E-state index in [9.17, 15) is 0 Å². The van der Waals surface area contributed by atoms with E-state index >= 15 is 0 Å². The van der Waals surface area contributed by atoms with Gasteiger partial charge in [-0.3, -0.25) is 0 Å². The summed E-state index contributed by atoms with van der Waals surface area (Å²) in [5.41, 5.74) is 7.13. The van der Waals surface area contributed by atoms with E-state index in [1.165, 1.54) is 0 Å². The summed E-state index contributed by atoms with van der Waals surface area (Å²) < 4.78 is 6.62. The van der Waals surface area contributed by atoms with E-state index in [2.05, 4.69) is 15.9 Å². The maximum Gasteiger partial charge on any atom is 0.138 e. The Bertz CT molecular complexity index is 314. The zero-order valence-electron chi connectivity index (χ0n) is 7.29. The van der Waals surface area contributed by atoms with Crippen molar-refractivity contribution in [3.05, 3.63) is 28.2 Å². The molecule has 0 fully saturated rings. The molecule has 2 nitrogen and oxygen atoms in total. The third-order valence-electron chi connectivity index (χ3n) is 2.30. The molecular formula is C10H12BrNO. The molecule has 0 saturated carbocycles. The van der Waals surface area contributed by atoms with E-state index in [0.29, 0.717) is 0 Å². The summed E-state index contributed by atoms with van der Waals surface area (Å²) in [7, 11) is 0. The first-order valence-electron chi connectivity index (χ1n) is 4.46. The van der Waals surface area contributed by atoms with Crippen LogP contribution in [0, 0.1) is 0 Å². The number of ether oxygens (including phenoxy) is 1. The van der Waals surface area contributed by atoms with Crippen molar-refractivity contribution < 1.29 is 4.74 Å². The van der Waals surface area contributed by atoms with Crippen LogP contribution in [0.5, 0.6) is 5.75 Å². The monoisotopic (exact) mass is 241 g/mol. The van der Waals surface area contributed by atoms with Gasteiger partial charge in [0.1, 0.15) is 5.75 Å². The SMILES string of the molecule is NC1CCCOc2c(Br)cccc21. The quantitative estimate of drug-likeness (QED) is 0.758. The van der Waals surface area contributed by atoms with Crippen LogP contribution >= 0.6 is 15.9 Å². The normalized spacial score (nSPS) is 21.5. The van der Waals surface area contributed by atoms with Gasteiger partial charge in [0.05, 0.1) is 11.1 Å². The van der Waals surface area contributed by atoms with Crippen molar-refractivity contribution in [2.24, 2.45) is 5.73 Å². The molecular weight excluding hydrogens is 230 g/mol. The highest BCUT2D eigenvalue weighted by atomic mass is 79.9. The molecule has 0 bridgehead atoms. The van der Waals surface area contributed by atoms with Gasteiger partial charge in [0.2, 0.25) is 0 Å². The van der Waals surface area contributed by atoms with E-state index < -0.39 is 0 Å². The van der Waals surface area contributed by atoms with Crippen molar-refractivity contribution in [2.75, 3.05) is 6.61 Å². The van der Waals surface area contributed by atoms with Crippen molar-refractivity contribution in [3.8, 4) is 5.75 Å². The van der Waals surface area contributed by atoms with Crippen LogP contribution in [0.4, 0.5) is 0 Å². The molecule has 2 rings (SSSR count). The third kappa shape index (κ3) is 1.71. The third-order valence-corrected chi connectivity index (χ3v) is 2.93. The molecule has 1 heterocycles. The number of fused-ring (bicyclic) bond motifs is 1. The Kier molecular flexibility index (Phi) is 2.56. The molecule has 0 spiro atoms. The number of hydrogen-bond acceptors (Lipinski definition) is 2. The largest absolute Gasteiger partial charge is 0.492 e. The molecule has 1 atom stereocenters. The maximum atomic E-state index is 6.01. The minimum Gasteiger partial charge on any atom is -0.492 e. The topological polar surface area (TPSA) is 35.2 Å². The summed E-state index contributed by atoms with van der Waals surface area (Å²) in [6.07, 6.45) is 2.03. The minimum atomic E-state index is 0.120. The van der Waals surface area contributed by atoms with Crippen LogP contribution in [0.25, 0.3) is 0 Å². The van der Waals surface area contributed by atoms with Gasteiger partial charge in [-0.05, 0) is 34.8 Å². The average Bonchev–Trinajstić information content (AvgIpc) is 2.30. The standard InChI is InChI=1S/C10H12BrNO/c11-8-4-1-3-7-9(12)5-2-6-13-10(7)8/h1,3-4,9H,2,5-6,12H2. The molecule has 3 heteroatoms. The Morgan fingerprint density at radius 1 is 1.46 bits per heavy atom. The van der Waals surface area contributed by atoms with Crippen LogP contribution in [0.15, 0.2) is 22.7 Å². The molecule has 0 amide bonds. The highest BCUT2D eigenvalue weighted by molar-refractivity contribution is 9.10. The highest BCUT2D eigenvalue weighted by Crippen LogP contribution is 2.35. The number of nitrogens with two attached hydrogens (primary N) is 1. The van der Waals surface area contributed by atoms with Crippen LogP contribution in [0.2, 0.25) is 0 Å². The second kappa shape index (κ2) is 3.68. The van der Waals surface area contributed by atoms with Gasteiger partial charge in [-0.25, -0.2) is 0 Å². The Balaban J connectivity index is 2.47. The molecule has 2 N–H and O–H groups in total. The van der Waals surface area contributed by atoms with Gasteiger partial charge in [-0.15, -0.1) is 0 Å². The molecule has 1 aromatic carbocycles. The number of halogens is 1. The van der Waals surface area contributed by atoms with Gasteiger partial charge in [0, 0.05) is 11.6 Å². The average molecular weight is 242 g/mol. The molecule has 1 aliphatic rings. The van der Waals surface area contributed by atoms with Crippen LogP contribution in [0.3, 0.4) is 0 Å². The number of rotatable bonds is 0. The lowest BCUT2D eigenvalue weighted by Crippen LogP contribution is -2.08. The maximum absolute atomic E-state index is 6.01. The van der Waals surface area contributed by atoms with Gasteiger partial charge in [0.25, 0.3) is 0 Å². The van der Waals surface area contributed by atoms with Crippen LogP contribution in [-0.2, 0) is 0 Å². The smallest absolute Gasteiger partial charge is 0.138 e. The Morgan fingerprint density at radius 3 is 3.15 bits per heavy atom. The minimum absolute atomic E-state index is 0.120. The van der Waals surface area contributed by atoms with Crippen molar-refractivity contribution in [1.29, 1.82) is 0 Å². The summed E-state index contributed by atoms with van der Waals surface area (Å²) >= 11 is 3.46. The molecule has 0 aromatic heterocycles. The fourth-order valence-electron chi connectivity index (χ4n) is 1.60. The first-order chi connectivity index (χ1) is 6.29. The molecule has 1 aliphatic heterocycles. The Labute approximate surface area is 86.2 Å². The van der Waals surface area contributed by atoms with E-state index in [1.54, 1.807) is 0 Å². The second-order valence-electron chi connectivity index (χ2n) is 3.26. The Hall–Kier alpha value is -0.540. The van der Waals surface area contributed by atoms with E-state index in [4.69, 9.17) is 10.5 Å². The van der Waals surface area contributed by atoms with Crippen molar-refractivity contribution in [1.82, 2.24) is 0 Å². The number of benzene rings is 1. The Morgan fingerprint density at radius 2 is 2.31 bits per heavy atom. The summed E-state index contributed by atoms with van der Waals surface area (Å²) in [6.45, 7) is 0.767. The summed E-state index contributed by atoms with van der Waals surface area (Å²) in [5.74, 6) is 0.924. The fourth-order valence-corrected chi connectivity index (χ4v) is 2.10. The van der Waals surface area contributed by atoms with Gasteiger partial charge in [-0.1, -0.05) is 12.1 Å². The molecule has 13 heavy (non-hydrogen) atoms. The van der Waals surface area contributed by atoms with Crippen molar-refractivity contribution in [3.63, 3.8) is 0 Å². The van der Waals surface area contributed by atoms with E-state index in [1.807, 2.05) is 18.2 Å². The number of hydrogen-bond donors (Lipinski definition) is 1. The summed E-state index contributed by atoms with van der Waals surface area (Å²) in [4.78, 5) is 0. The van der Waals surface area contributed by atoms with E-state index in [-0.39, 0.29) is 6.04 Å². The highest BCUT2D eigenvalue weighted by Gasteiger charge is 2.17. The zero-order valence-corrected chi connectivity index (χ0v) is 8.88. The van der Waals surface area contributed by atoms with Gasteiger partial charge < -0.3 is 10.5 Å². The molecule has 0 aliphatic carbocycles. The molecule has 0 saturated heterocycles. The second-order valence-corrected chi connectivity index (χ2v) is 4.11. The molecule has 1 aromatic rings. The van der Waals surface area contributed by atoms with Gasteiger partial charge in [-0.2, -0.15) is 0 Å². The molecule has 1 unspecified atom stereocenters. The predicted molar refractivity (Wildman–Crippen MR) is 55.8 cm³/mol. The number of para-hydroxylation sites is 1. The van der Waals surface area contributed by atoms with Crippen LogP contribution < -0.4 is 10.5 Å². The zero-order chi connectivity index (χ0) is 9.26. The van der Waals surface area contributed by atoms with Gasteiger partial charge in [0.15, 0.2) is 0 Å². The fraction of sp³-hybridized carbons (Fsp3) is 0.400. The summed E-state index contributed by atoms with van der Waals surface area (Å²) in [6, 6.07) is 6.14. The van der Waals surface area contributed by atoms with E-state index in [0.717, 1.165) is 35.2 Å². The predicted octanol–water partition coefficient (Wildman–Crippen LogP) is 2.62. The lowest BCUT2D eigenvalue weighted by Gasteiger charge is -2.12. The van der Waals surface area contributed by atoms with Crippen molar-refractivity contribution >= 4 is 15.9 Å². The van der Waals surface area contributed by atoms with Gasteiger partial charge >= 0.3 is 0 Å². The summed E-state index contributed by atoms with van der Waals surface area (Å²) in [5, 5.41) is 0.